The van der Waals surface area contributed by atoms with Crippen LogP contribution in [0.4, 0.5) is 11.6 Å². The monoisotopic (exact) mass is 349 g/mol. The zero-order valence-electron chi connectivity index (χ0n) is 14.2. The maximum absolute atomic E-state index is 12.2. The van der Waals surface area contributed by atoms with E-state index in [1.165, 1.54) is 0 Å². The van der Waals surface area contributed by atoms with Gasteiger partial charge >= 0.3 is 0 Å². The molecule has 2 aromatic rings. The molecule has 0 unspecified atom stereocenters. The van der Waals surface area contributed by atoms with Crippen LogP contribution >= 0.6 is 0 Å². The fraction of sp³-hybridized carbons (Fsp3) is 0.375. The Morgan fingerprint density at radius 2 is 1.71 bits per heavy atom. The second kappa shape index (κ2) is 8.07. The summed E-state index contributed by atoms with van der Waals surface area (Å²) in [7, 11) is 0.330. The molecule has 1 aromatic carbocycles. The molecule has 2 rings (SSSR count). The van der Waals surface area contributed by atoms with Crippen molar-refractivity contribution in [2.45, 2.75) is 18.2 Å². The molecule has 1 aromatic heterocycles. The molecule has 8 heteroatoms. The summed E-state index contributed by atoms with van der Waals surface area (Å²) in [6.07, 6.45) is 3.89. The highest BCUT2D eigenvalue weighted by molar-refractivity contribution is 7.89. The first-order valence-corrected chi connectivity index (χ1v) is 9.17. The second-order valence-electron chi connectivity index (χ2n) is 5.61. The van der Waals surface area contributed by atoms with Crippen molar-refractivity contribution in [3.63, 3.8) is 0 Å². The Hall–Kier alpha value is -2.19. The summed E-state index contributed by atoms with van der Waals surface area (Å²) in [5.74, 6) is 1.43. The lowest BCUT2D eigenvalue weighted by Gasteiger charge is -2.15. The van der Waals surface area contributed by atoms with Crippen molar-refractivity contribution in [2.75, 3.05) is 37.4 Å². The Labute approximate surface area is 143 Å². The predicted molar refractivity (Wildman–Crippen MR) is 95.8 cm³/mol. The molecule has 0 aliphatic carbocycles. The van der Waals surface area contributed by atoms with Crippen LogP contribution in [0.15, 0.2) is 41.6 Å². The summed E-state index contributed by atoms with van der Waals surface area (Å²) in [6, 6.07) is 6.79. The van der Waals surface area contributed by atoms with Crippen LogP contribution in [0.25, 0.3) is 0 Å². The molecule has 2 N–H and O–H groups in total. The number of aromatic nitrogens is 2. The number of nitrogens with zero attached hydrogens (tertiary/aromatic N) is 3. The maximum atomic E-state index is 12.2. The van der Waals surface area contributed by atoms with Crippen LogP contribution in [0.2, 0.25) is 0 Å². The molecule has 0 saturated heterocycles. The van der Waals surface area contributed by atoms with Gasteiger partial charge in [-0.15, -0.1) is 0 Å². The van der Waals surface area contributed by atoms with Gasteiger partial charge in [-0.05, 0) is 25.5 Å². The van der Waals surface area contributed by atoms with Gasteiger partial charge in [-0.2, -0.15) is 0 Å². The van der Waals surface area contributed by atoms with Gasteiger partial charge < -0.3 is 10.2 Å². The summed E-state index contributed by atoms with van der Waals surface area (Å²) < 4.78 is 26.9. The third-order valence-corrected chi connectivity index (χ3v) is 4.85. The Morgan fingerprint density at radius 3 is 2.38 bits per heavy atom. The van der Waals surface area contributed by atoms with E-state index in [-0.39, 0.29) is 4.90 Å². The molecule has 1 heterocycles. The molecule has 0 amide bonds. The molecule has 0 saturated carbocycles. The van der Waals surface area contributed by atoms with Gasteiger partial charge in [0.2, 0.25) is 10.0 Å². The fourth-order valence-corrected chi connectivity index (χ4v) is 3.16. The maximum Gasteiger partial charge on any atom is 0.240 e. The Kier molecular flexibility index (Phi) is 6.10. The summed E-state index contributed by atoms with van der Waals surface area (Å²) in [6.45, 7) is 2.86. The van der Waals surface area contributed by atoms with Gasteiger partial charge in [-0.1, -0.05) is 17.7 Å². The highest BCUT2D eigenvalue weighted by Gasteiger charge is 2.12. The van der Waals surface area contributed by atoms with Crippen LogP contribution in [-0.2, 0) is 10.0 Å². The Bertz CT molecular complexity index is 760. The lowest BCUT2D eigenvalue weighted by molar-refractivity contribution is 0.580. The van der Waals surface area contributed by atoms with E-state index in [0.717, 1.165) is 11.4 Å². The summed E-state index contributed by atoms with van der Waals surface area (Å²) in [5.41, 5.74) is 1.03. The van der Waals surface area contributed by atoms with E-state index in [1.54, 1.807) is 36.7 Å². The lowest BCUT2D eigenvalue weighted by Crippen LogP contribution is -2.26. The molecule has 0 fully saturated rings. The van der Waals surface area contributed by atoms with Gasteiger partial charge in [0.25, 0.3) is 0 Å². The number of rotatable bonds is 8. The zero-order chi connectivity index (χ0) is 17.6. The Morgan fingerprint density at radius 1 is 1.04 bits per heavy atom. The van der Waals surface area contributed by atoms with Crippen molar-refractivity contribution < 1.29 is 8.42 Å². The number of nitrogens with one attached hydrogen (secondary N) is 2. The first-order chi connectivity index (χ1) is 11.4. The molecule has 130 valence electrons. The lowest BCUT2D eigenvalue weighted by atomic mass is 10.2. The Balaban J connectivity index is 1.82. The second-order valence-corrected chi connectivity index (χ2v) is 7.38. The van der Waals surface area contributed by atoms with Gasteiger partial charge in [-0.25, -0.2) is 23.1 Å². The molecule has 24 heavy (non-hydrogen) atoms. The molecule has 0 radical (unpaired) electrons. The fourth-order valence-electron chi connectivity index (χ4n) is 2.09. The van der Waals surface area contributed by atoms with Crippen molar-refractivity contribution in [1.29, 1.82) is 0 Å². The molecular weight excluding hydrogens is 326 g/mol. The van der Waals surface area contributed by atoms with Gasteiger partial charge in [-0.3, -0.25) is 0 Å². The van der Waals surface area contributed by atoms with Crippen LogP contribution in [0.1, 0.15) is 12.0 Å². The van der Waals surface area contributed by atoms with Crippen molar-refractivity contribution in [3.05, 3.63) is 42.2 Å². The third-order valence-electron chi connectivity index (χ3n) is 3.37. The number of anilines is 2. The summed E-state index contributed by atoms with van der Waals surface area (Å²) in [4.78, 5) is 10.7. The molecule has 0 spiro atoms. The highest BCUT2D eigenvalue weighted by atomic mass is 32.2. The SMILES string of the molecule is Cc1ccc(S(=O)(=O)NCCCNc2nccnc2N(C)C)cc1. The molecule has 7 nitrogen and oxygen atoms in total. The average molecular weight is 349 g/mol. The summed E-state index contributed by atoms with van der Waals surface area (Å²) >= 11 is 0. The van der Waals surface area contributed by atoms with Crippen LogP contribution in [0.5, 0.6) is 0 Å². The predicted octanol–water partition coefficient (Wildman–Crippen LogP) is 1.63. The van der Waals surface area contributed by atoms with Crippen molar-refractivity contribution in [3.8, 4) is 0 Å². The number of sulfonamides is 1. The van der Waals surface area contributed by atoms with E-state index in [1.807, 2.05) is 25.9 Å². The quantitative estimate of drug-likeness (QED) is 0.705. The average Bonchev–Trinajstić information content (AvgIpc) is 2.55. The van der Waals surface area contributed by atoms with Crippen molar-refractivity contribution in [2.24, 2.45) is 0 Å². The topological polar surface area (TPSA) is 87.2 Å². The zero-order valence-corrected chi connectivity index (χ0v) is 15.0. The standard InChI is InChI=1S/C16H23N5O2S/c1-13-5-7-14(8-6-13)24(22,23)20-10-4-9-17-15-16(21(2)3)19-12-11-18-15/h5-8,11-12,20H,4,9-10H2,1-3H3,(H,17,18). The van der Waals surface area contributed by atoms with Gasteiger partial charge in [0.05, 0.1) is 4.90 Å². The molecular formula is C16H23N5O2S. The first-order valence-electron chi connectivity index (χ1n) is 7.69. The molecule has 0 bridgehead atoms. The molecule has 0 aliphatic heterocycles. The smallest absolute Gasteiger partial charge is 0.240 e. The number of hydrogen-bond acceptors (Lipinski definition) is 6. The third kappa shape index (κ3) is 4.90. The van der Waals surface area contributed by atoms with Gasteiger partial charge in [0.1, 0.15) is 0 Å². The molecule has 0 atom stereocenters. The first kappa shape index (κ1) is 18.2. The van der Waals surface area contributed by atoms with E-state index >= 15 is 0 Å². The normalized spacial score (nSPS) is 11.3. The number of aryl methyl sites for hydroxylation is 1. The van der Waals surface area contributed by atoms with Crippen LogP contribution in [-0.4, -0.2) is 45.6 Å². The number of hydrogen-bond donors (Lipinski definition) is 2. The van der Waals surface area contributed by atoms with Gasteiger partial charge in [0.15, 0.2) is 11.6 Å². The van der Waals surface area contributed by atoms with Gasteiger partial charge in [0, 0.05) is 39.6 Å². The van der Waals surface area contributed by atoms with Crippen LogP contribution < -0.4 is 14.9 Å². The van der Waals surface area contributed by atoms with Crippen molar-refractivity contribution in [1.82, 2.24) is 14.7 Å². The minimum atomic E-state index is -3.46. The largest absolute Gasteiger partial charge is 0.367 e. The van der Waals surface area contributed by atoms with Crippen LogP contribution in [0.3, 0.4) is 0 Å². The molecule has 0 aliphatic rings. The van der Waals surface area contributed by atoms with E-state index in [0.29, 0.717) is 25.3 Å². The van der Waals surface area contributed by atoms with E-state index in [4.69, 9.17) is 0 Å². The van der Waals surface area contributed by atoms with Crippen molar-refractivity contribution >= 4 is 21.7 Å². The summed E-state index contributed by atoms with van der Waals surface area (Å²) in [5, 5.41) is 3.18. The minimum absolute atomic E-state index is 0.282. The number of benzene rings is 1. The highest BCUT2D eigenvalue weighted by Crippen LogP contribution is 2.16. The van der Waals surface area contributed by atoms with E-state index in [2.05, 4.69) is 20.0 Å². The van der Waals surface area contributed by atoms with E-state index in [9.17, 15) is 8.42 Å². The minimum Gasteiger partial charge on any atom is -0.367 e. The van der Waals surface area contributed by atoms with E-state index < -0.39 is 10.0 Å². The van der Waals surface area contributed by atoms with Crippen LogP contribution in [0, 0.1) is 6.92 Å².